The summed E-state index contributed by atoms with van der Waals surface area (Å²) in [6.45, 7) is 0.622. The van der Waals surface area contributed by atoms with Gasteiger partial charge in [-0.25, -0.2) is 0 Å². The molecule has 0 fully saturated rings. The van der Waals surface area contributed by atoms with Gasteiger partial charge in [0.25, 0.3) is 0 Å². The van der Waals surface area contributed by atoms with E-state index in [1.165, 1.54) is 6.08 Å². The van der Waals surface area contributed by atoms with Crippen LogP contribution < -0.4 is 5.73 Å². The maximum Gasteiger partial charge on any atom is 0.129 e. The van der Waals surface area contributed by atoms with Gasteiger partial charge in [0.05, 0.1) is 5.57 Å². The van der Waals surface area contributed by atoms with E-state index in [4.69, 9.17) is 27.9 Å². The molecule has 0 unspecified atom stereocenters. The highest BCUT2D eigenvalue weighted by molar-refractivity contribution is 6.31. The standard InChI is InChI=1S/C11H9ClN4/c12-10-2-5-16(6-3-10)4-1-9(7-13)11(15)8-14/h1-5H,6,15H2/b4-1+,11-9-. The van der Waals surface area contributed by atoms with Gasteiger partial charge in [-0.2, -0.15) is 10.5 Å². The molecular weight excluding hydrogens is 224 g/mol. The van der Waals surface area contributed by atoms with Crippen molar-refractivity contribution in [2.24, 2.45) is 5.73 Å². The van der Waals surface area contributed by atoms with E-state index in [-0.39, 0.29) is 11.3 Å². The van der Waals surface area contributed by atoms with E-state index in [1.807, 2.05) is 17.0 Å². The van der Waals surface area contributed by atoms with E-state index in [0.29, 0.717) is 11.6 Å². The third kappa shape index (κ3) is 3.20. The van der Waals surface area contributed by atoms with Gasteiger partial charge in [-0.1, -0.05) is 11.6 Å². The molecule has 2 N–H and O–H groups in total. The summed E-state index contributed by atoms with van der Waals surface area (Å²) in [5.74, 6) is 0. The highest BCUT2D eigenvalue weighted by Crippen LogP contribution is 2.11. The lowest BCUT2D eigenvalue weighted by molar-refractivity contribution is 0.559. The van der Waals surface area contributed by atoms with Crippen molar-refractivity contribution in [3.63, 3.8) is 0 Å². The normalized spacial score (nSPS) is 16.4. The summed E-state index contributed by atoms with van der Waals surface area (Å²) in [5, 5.41) is 18.0. The average molecular weight is 233 g/mol. The molecule has 0 bridgehead atoms. The van der Waals surface area contributed by atoms with Crippen molar-refractivity contribution >= 4 is 11.6 Å². The molecule has 0 aliphatic carbocycles. The molecule has 0 aromatic rings. The maximum absolute atomic E-state index is 8.74. The molecule has 0 radical (unpaired) electrons. The summed E-state index contributed by atoms with van der Waals surface area (Å²) >= 11 is 5.74. The molecule has 0 spiro atoms. The van der Waals surface area contributed by atoms with Crippen LogP contribution in [-0.4, -0.2) is 11.4 Å². The van der Waals surface area contributed by atoms with Gasteiger partial charge < -0.3 is 10.6 Å². The molecule has 80 valence electrons. The number of allylic oxidation sites excluding steroid dienone is 5. The van der Waals surface area contributed by atoms with Crippen LogP contribution in [-0.2, 0) is 0 Å². The Morgan fingerprint density at radius 1 is 1.50 bits per heavy atom. The van der Waals surface area contributed by atoms with Crippen LogP contribution in [0, 0.1) is 22.7 Å². The molecule has 0 atom stereocenters. The van der Waals surface area contributed by atoms with Gasteiger partial charge in [-0.15, -0.1) is 0 Å². The van der Waals surface area contributed by atoms with Crippen molar-refractivity contribution in [3.05, 3.63) is 46.9 Å². The Bertz CT molecular complexity index is 471. The molecule has 1 aliphatic rings. The fraction of sp³-hybridized carbons (Fsp3) is 0.0909. The van der Waals surface area contributed by atoms with Crippen molar-refractivity contribution in [1.29, 1.82) is 10.5 Å². The summed E-state index contributed by atoms with van der Waals surface area (Å²) in [5.41, 5.74) is 5.40. The lowest BCUT2D eigenvalue weighted by Gasteiger charge is -2.15. The first-order chi connectivity index (χ1) is 7.67. The molecule has 1 heterocycles. The Balaban J connectivity index is 2.73. The highest BCUT2D eigenvalue weighted by Gasteiger charge is 2.01. The lowest BCUT2D eigenvalue weighted by Crippen LogP contribution is -2.12. The topological polar surface area (TPSA) is 76.8 Å². The zero-order chi connectivity index (χ0) is 12.0. The van der Waals surface area contributed by atoms with Crippen molar-refractivity contribution in [3.8, 4) is 12.1 Å². The Labute approximate surface area is 98.8 Å². The summed E-state index contributed by atoms with van der Waals surface area (Å²) in [4.78, 5) is 1.81. The van der Waals surface area contributed by atoms with Crippen LogP contribution in [0.5, 0.6) is 0 Å². The minimum absolute atomic E-state index is 0.0895. The number of nitrogens with zero attached hydrogens (tertiary/aromatic N) is 3. The van der Waals surface area contributed by atoms with Crippen molar-refractivity contribution in [2.75, 3.05) is 6.54 Å². The number of rotatable bonds is 2. The molecule has 1 aliphatic heterocycles. The molecule has 1 rings (SSSR count). The van der Waals surface area contributed by atoms with Gasteiger partial charge in [0.1, 0.15) is 17.8 Å². The largest absolute Gasteiger partial charge is 0.389 e. The van der Waals surface area contributed by atoms with Crippen molar-refractivity contribution in [1.82, 2.24) is 4.90 Å². The van der Waals surface area contributed by atoms with Gasteiger partial charge in [0, 0.05) is 24.0 Å². The van der Waals surface area contributed by atoms with Crippen molar-refractivity contribution in [2.45, 2.75) is 0 Å². The molecule has 0 amide bonds. The first kappa shape index (κ1) is 11.9. The number of halogens is 1. The van der Waals surface area contributed by atoms with Crippen LogP contribution in [0.4, 0.5) is 0 Å². The first-order valence-corrected chi connectivity index (χ1v) is 4.83. The Hall–Kier alpha value is -2.17. The SMILES string of the molecule is N#C/C(N)=C(C#N)\C=C\N1C=CC(Cl)=CC1. The zero-order valence-electron chi connectivity index (χ0n) is 8.39. The lowest BCUT2D eigenvalue weighted by atomic mass is 10.2. The summed E-state index contributed by atoms with van der Waals surface area (Å²) < 4.78 is 0. The molecule has 0 saturated carbocycles. The monoisotopic (exact) mass is 232 g/mol. The third-order valence-electron chi connectivity index (χ3n) is 1.89. The predicted octanol–water partition coefficient (Wildman–Crippen LogP) is 1.71. The van der Waals surface area contributed by atoms with E-state index in [1.54, 1.807) is 24.5 Å². The molecule has 0 aromatic heterocycles. The van der Waals surface area contributed by atoms with E-state index in [2.05, 4.69) is 0 Å². The van der Waals surface area contributed by atoms with Crippen LogP contribution in [0.3, 0.4) is 0 Å². The molecule has 0 aromatic carbocycles. The second-order valence-electron chi connectivity index (χ2n) is 2.97. The number of nitrogens with two attached hydrogens (primary N) is 1. The second-order valence-corrected chi connectivity index (χ2v) is 3.40. The Morgan fingerprint density at radius 3 is 2.75 bits per heavy atom. The smallest absolute Gasteiger partial charge is 0.129 e. The van der Waals surface area contributed by atoms with Gasteiger partial charge in [0.15, 0.2) is 0 Å². The van der Waals surface area contributed by atoms with Crippen LogP contribution in [0.25, 0.3) is 0 Å². The fourth-order valence-corrected chi connectivity index (χ4v) is 1.14. The molecular formula is C11H9ClN4. The summed E-state index contributed by atoms with van der Waals surface area (Å²) in [6.07, 6.45) is 8.50. The second kappa shape index (κ2) is 5.65. The van der Waals surface area contributed by atoms with E-state index >= 15 is 0 Å². The van der Waals surface area contributed by atoms with Gasteiger partial charge >= 0.3 is 0 Å². The van der Waals surface area contributed by atoms with Gasteiger partial charge in [-0.3, -0.25) is 0 Å². The van der Waals surface area contributed by atoms with Gasteiger partial charge in [0.2, 0.25) is 0 Å². The summed E-state index contributed by atoms with van der Waals surface area (Å²) in [7, 11) is 0. The predicted molar refractivity (Wildman–Crippen MR) is 61.4 cm³/mol. The fourth-order valence-electron chi connectivity index (χ4n) is 1.02. The highest BCUT2D eigenvalue weighted by atomic mass is 35.5. The van der Waals surface area contributed by atoms with Crippen LogP contribution in [0.15, 0.2) is 46.9 Å². The minimum Gasteiger partial charge on any atom is -0.389 e. The zero-order valence-corrected chi connectivity index (χ0v) is 9.15. The Morgan fingerprint density at radius 2 is 2.25 bits per heavy atom. The number of nitriles is 2. The molecule has 0 saturated heterocycles. The van der Waals surface area contributed by atoms with Gasteiger partial charge in [-0.05, 0) is 18.2 Å². The number of hydrogen-bond acceptors (Lipinski definition) is 4. The molecule has 4 nitrogen and oxygen atoms in total. The Kier molecular flexibility index (Phi) is 4.20. The summed E-state index contributed by atoms with van der Waals surface area (Å²) in [6, 6.07) is 3.58. The maximum atomic E-state index is 8.74. The van der Waals surface area contributed by atoms with Crippen molar-refractivity contribution < 1.29 is 0 Å². The van der Waals surface area contributed by atoms with Crippen LogP contribution >= 0.6 is 11.6 Å². The molecule has 16 heavy (non-hydrogen) atoms. The van der Waals surface area contributed by atoms with Crippen LogP contribution in [0.2, 0.25) is 0 Å². The molecule has 5 heteroatoms. The third-order valence-corrected chi connectivity index (χ3v) is 2.17. The van der Waals surface area contributed by atoms with E-state index in [9.17, 15) is 0 Å². The average Bonchev–Trinajstić information content (AvgIpc) is 2.31. The first-order valence-electron chi connectivity index (χ1n) is 4.45. The van der Waals surface area contributed by atoms with E-state index < -0.39 is 0 Å². The number of hydrogen-bond donors (Lipinski definition) is 1. The van der Waals surface area contributed by atoms with E-state index in [0.717, 1.165) is 0 Å². The quantitative estimate of drug-likeness (QED) is 0.581. The van der Waals surface area contributed by atoms with Crippen LogP contribution in [0.1, 0.15) is 0 Å². The minimum atomic E-state index is -0.0895.